The molecule has 1 aromatic heterocycles. The van der Waals surface area contributed by atoms with Crippen molar-refractivity contribution < 1.29 is 9.72 Å². The van der Waals surface area contributed by atoms with Crippen LogP contribution in [-0.2, 0) is 4.79 Å². The van der Waals surface area contributed by atoms with E-state index in [1.165, 1.54) is 17.8 Å². The third-order valence-electron chi connectivity index (χ3n) is 2.97. The van der Waals surface area contributed by atoms with Gasteiger partial charge in [-0.3, -0.25) is 14.9 Å². The Morgan fingerprint density at radius 3 is 2.87 bits per heavy atom. The molecule has 8 heteroatoms. The summed E-state index contributed by atoms with van der Waals surface area (Å²) in [6, 6.07) is 9.10. The molecular weight excluding hydrogens is 334 g/mol. The Balaban J connectivity index is 1.81. The van der Waals surface area contributed by atoms with Crippen LogP contribution in [0.4, 0.5) is 10.7 Å². The Morgan fingerprint density at radius 1 is 1.35 bits per heavy atom. The van der Waals surface area contributed by atoms with Gasteiger partial charge in [-0.1, -0.05) is 23.5 Å². The Hall–Kier alpha value is -2.45. The summed E-state index contributed by atoms with van der Waals surface area (Å²) in [4.78, 5) is 27.1. The van der Waals surface area contributed by atoms with Crippen molar-refractivity contribution in [3.63, 3.8) is 0 Å². The first-order valence-electron chi connectivity index (χ1n) is 6.60. The van der Waals surface area contributed by atoms with Crippen LogP contribution < -0.4 is 5.32 Å². The van der Waals surface area contributed by atoms with Crippen LogP contribution in [0, 0.1) is 17.0 Å². The number of amidine groups is 1. The fraction of sp³-hybridized carbons (Fsp3) is 0.0667. The first kappa shape index (κ1) is 15.4. The molecule has 0 aliphatic carbocycles. The minimum Gasteiger partial charge on any atom is -0.300 e. The molecule has 2 heterocycles. The van der Waals surface area contributed by atoms with Crippen molar-refractivity contribution in [1.29, 1.82) is 0 Å². The molecule has 1 N–H and O–H groups in total. The zero-order valence-corrected chi connectivity index (χ0v) is 13.6. The normalized spacial score (nSPS) is 17.7. The Morgan fingerprint density at radius 2 is 2.17 bits per heavy atom. The van der Waals surface area contributed by atoms with Gasteiger partial charge in [-0.05, 0) is 48.0 Å². The largest absolute Gasteiger partial charge is 0.324 e. The molecule has 1 aliphatic heterocycles. The summed E-state index contributed by atoms with van der Waals surface area (Å²) in [5.41, 5.74) is 2.49. The van der Waals surface area contributed by atoms with Gasteiger partial charge in [-0.2, -0.15) is 0 Å². The smallest absolute Gasteiger partial charge is 0.300 e. The number of amides is 1. The number of thioether (sulfide) groups is 1. The number of carbonyl (C=O) groups is 1. The molecule has 23 heavy (non-hydrogen) atoms. The van der Waals surface area contributed by atoms with Crippen LogP contribution in [0.1, 0.15) is 11.1 Å². The molecule has 2 aromatic rings. The molecule has 0 bridgehead atoms. The summed E-state index contributed by atoms with van der Waals surface area (Å²) in [5, 5.41) is 15.6. The highest BCUT2D eigenvalue weighted by molar-refractivity contribution is 8.18. The average Bonchev–Trinajstić information content (AvgIpc) is 3.07. The highest BCUT2D eigenvalue weighted by atomic mass is 32.2. The van der Waals surface area contributed by atoms with Crippen molar-refractivity contribution in [2.45, 2.75) is 6.92 Å². The molecule has 1 amide bonds. The van der Waals surface area contributed by atoms with E-state index in [-0.39, 0.29) is 10.9 Å². The molecule has 1 fully saturated rings. The number of aryl methyl sites for hydroxylation is 1. The third-order valence-corrected chi connectivity index (χ3v) is 4.78. The van der Waals surface area contributed by atoms with E-state index < -0.39 is 4.92 Å². The van der Waals surface area contributed by atoms with Crippen LogP contribution in [-0.4, -0.2) is 16.0 Å². The van der Waals surface area contributed by atoms with Gasteiger partial charge in [-0.15, -0.1) is 0 Å². The lowest BCUT2D eigenvalue weighted by Crippen LogP contribution is -2.19. The number of thiophene rings is 1. The molecule has 1 saturated heterocycles. The first-order chi connectivity index (χ1) is 11.0. The summed E-state index contributed by atoms with van der Waals surface area (Å²) in [6.45, 7) is 1.97. The number of benzene rings is 1. The van der Waals surface area contributed by atoms with Gasteiger partial charge in [0.15, 0.2) is 5.17 Å². The van der Waals surface area contributed by atoms with Gasteiger partial charge >= 0.3 is 5.00 Å². The van der Waals surface area contributed by atoms with E-state index in [1.807, 2.05) is 31.2 Å². The Bertz CT molecular complexity index is 855. The lowest BCUT2D eigenvalue weighted by atomic mass is 10.2. The molecule has 0 atom stereocenters. The van der Waals surface area contributed by atoms with Gasteiger partial charge < -0.3 is 5.32 Å². The number of carbonyl (C=O) groups excluding carboxylic acids is 1. The van der Waals surface area contributed by atoms with Crippen molar-refractivity contribution in [3.8, 4) is 0 Å². The van der Waals surface area contributed by atoms with Crippen molar-refractivity contribution in [2.24, 2.45) is 4.99 Å². The summed E-state index contributed by atoms with van der Waals surface area (Å²) in [6.07, 6.45) is 1.63. The SMILES string of the molecule is Cc1cccc(N=C2NC(=O)/C(=C\c3csc([N+](=O)[O-])c3)S2)c1. The number of nitrogens with zero attached hydrogens (tertiary/aromatic N) is 2. The number of hydrogen-bond acceptors (Lipinski definition) is 6. The molecule has 116 valence electrons. The van der Waals surface area contributed by atoms with Gasteiger partial charge in [0.2, 0.25) is 0 Å². The minimum atomic E-state index is -0.445. The van der Waals surface area contributed by atoms with Crippen LogP contribution >= 0.6 is 23.1 Å². The molecule has 0 radical (unpaired) electrons. The highest BCUT2D eigenvalue weighted by Gasteiger charge is 2.24. The monoisotopic (exact) mass is 345 g/mol. The standard InChI is InChI=1S/C15H11N3O3S2/c1-9-3-2-4-11(5-9)16-15-17-14(19)12(23-15)6-10-7-13(18(20)21)22-8-10/h2-8H,1H3,(H,16,17,19)/b12-6+. The van der Waals surface area contributed by atoms with Crippen molar-refractivity contribution >= 4 is 50.9 Å². The predicted octanol–water partition coefficient (Wildman–Crippen LogP) is 3.86. The number of nitro groups is 1. The van der Waals surface area contributed by atoms with E-state index in [0.29, 0.717) is 15.6 Å². The maximum absolute atomic E-state index is 12.0. The van der Waals surface area contributed by atoms with Crippen LogP contribution in [0.25, 0.3) is 6.08 Å². The molecule has 0 unspecified atom stereocenters. The lowest BCUT2D eigenvalue weighted by molar-refractivity contribution is -0.380. The Kier molecular flexibility index (Phi) is 4.26. The van der Waals surface area contributed by atoms with Crippen LogP contribution in [0.15, 0.2) is 45.6 Å². The maximum atomic E-state index is 12.0. The number of nitrogens with one attached hydrogen (secondary N) is 1. The molecule has 3 rings (SSSR count). The summed E-state index contributed by atoms with van der Waals surface area (Å²) >= 11 is 2.25. The predicted molar refractivity (Wildman–Crippen MR) is 93.0 cm³/mol. The second kappa shape index (κ2) is 6.35. The van der Waals surface area contributed by atoms with E-state index in [2.05, 4.69) is 10.3 Å². The molecular formula is C15H11N3O3S2. The molecule has 1 aromatic carbocycles. The number of aliphatic imine (C=N–C) groups is 1. The second-order valence-corrected chi connectivity index (χ2v) is 6.72. The molecule has 0 spiro atoms. The lowest BCUT2D eigenvalue weighted by Gasteiger charge is -1.97. The van der Waals surface area contributed by atoms with Gasteiger partial charge in [0.05, 0.1) is 15.5 Å². The van der Waals surface area contributed by atoms with E-state index in [4.69, 9.17) is 0 Å². The number of rotatable bonds is 3. The first-order valence-corrected chi connectivity index (χ1v) is 8.30. The maximum Gasteiger partial charge on any atom is 0.324 e. The van der Waals surface area contributed by atoms with E-state index in [1.54, 1.807) is 11.5 Å². The van der Waals surface area contributed by atoms with Gasteiger partial charge in [0.25, 0.3) is 5.91 Å². The minimum absolute atomic E-state index is 0.0499. The van der Waals surface area contributed by atoms with Crippen molar-refractivity contribution in [2.75, 3.05) is 0 Å². The fourth-order valence-corrected chi connectivity index (χ4v) is 3.48. The highest BCUT2D eigenvalue weighted by Crippen LogP contribution is 2.30. The molecule has 6 nitrogen and oxygen atoms in total. The quantitative estimate of drug-likeness (QED) is 0.520. The fourth-order valence-electron chi connectivity index (χ4n) is 1.96. The van der Waals surface area contributed by atoms with Crippen LogP contribution in [0.5, 0.6) is 0 Å². The second-order valence-electron chi connectivity index (χ2n) is 4.80. The third kappa shape index (κ3) is 3.66. The summed E-state index contributed by atoms with van der Waals surface area (Å²) in [7, 11) is 0. The topological polar surface area (TPSA) is 84.6 Å². The van der Waals surface area contributed by atoms with Crippen molar-refractivity contribution in [3.05, 3.63) is 61.9 Å². The van der Waals surface area contributed by atoms with Gasteiger partial charge in [0, 0.05) is 11.4 Å². The Labute approximate surface area is 140 Å². The summed E-state index contributed by atoms with van der Waals surface area (Å²) < 4.78 is 0. The van der Waals surface area contributed by atoms with Crippen molar-refractivity contribution in [1.82, 2.24) is 5.32 Å². The van der Waals surface area contributed by atoms with Gasteiger partial charge in [0.1, 0.15) is 0 Å². The van der Waals surface area contributed by atoms with Gasteiger partial charge in [-0.25, -0.2) is 4.99 Å². The zero-order valence-electron chi connectivity index (χ0n) is 12.0. The van der Waals surface area contributed by atoms with E-state index in [0.717, 1.165) is 22.6 Å². The van der Waals surface area contributed by atoms with Crippen LogP contribution in [0.2, 0.25) is 0 Å². The number of hydrogen-bond donors (Lipinski definition) is 1. The molecule has 1 aliphatic rings. The summed E-state index contributed by atoms with van der Waals surface area (Å²) in [5.74, 6) is -0.254. The van der Waals surface area contributed by atoms with E-state index in [9.17, 15) is 14.9 Å². The zero-order chi connectivity index (χ0) is 16.4. The average molecular weight is 345 g/mol. The van der Waals surface area contributed by atoms with Crippen LogP contribution in [0.3, 0.4) is 0 Å². The molecule has 0 saturated carbocycles. The van der Waals surface area contributed by atoms with E-state index >= 15 is 0 Å².